The van der Waals surface area contributed by atoms with Gasteiger partial charge in [0.25, 0.3) is 5.91 Å². The van der Waals surface area contributed by atoms with Gasteiger partial charge in [0.15, 0.2) is 9.84 Å². The number of nitrogens with two attached hydrogens (primary N) is 1. The highest BCUT2D eigenvalue weighted by Gasteiger charge is 2.36. The molecule has 2 heterocycles. The maximum atomic E-state index is 12.3. The van der Waals surface area contributed by atoms with Crippen LogP contribution < -0.4 is 16.1 Å². The minimum atomic E-state index is -3.08. The van der Waals surface area contributed by atoms with E-state index in [0.717, 1.165) is 0 Å². The summed E-state index contributed by atoms with van der Waals surface area (Å²) in [6.07, 6.45) is 0.485. The quantitative estimate of drug-likeness (QED) is 0.751. The fourth-order valence-corrected chi connectivity index (χ4v) is 4.54. The molecule has 0 spiro atoms. The average molecular weight is 350 g/mol. The Kier molecular flexibility index (Phi) is 4.27. The van der Waals surface area contributed by atoms with Crippen LogP contribution in [0.25, 0.3) is 0 Å². The lowest BCUT2D eigenvalue weighted by atomic mass is 10.1. The first-order valence-corrected chi connectivity index (χ1v) is 9.40. The third kappa shape index (κ3) is 3.40. The van der Waals surface area contributed by atoms with Crippen LogP contribution >= 0.6 is 0 Å². The topological polar surface area (TPSA) is 122 Å². The van der Waals surface area contributed by atoms with E-state index >= 15 is 0 Å². The molecular weight excluding hydrogens is 332 g/mol. The minimum Gasteiger partial charge on any atom is -0.368 e. The third-order valence-corrected chi connectivity index (χ3v) is 5.86. The SMILES string of the molecule is NC(=O)C1CC(C(=O)NC2CCS(=O)(=O)C2)=NN1c1ccccc1. The molecular formula is C15H18N4O4S. The number of nitrogens with zero attached hydrogens (tertiary/aromatic N) is 2. The number of para-hydroxylation sites is 1. The van der Waals surface area contributed by atoms with Crippen LogP contribution in [0.3, 0.4) is 0 Å². The Bertz CT molecular complexity index is 791. The summed E-state index contributed by atoms with van der Waals surface area (Å²) in [4.78, 5) is 24.0. The van der Waals surface area contributed by atoms with Crippen LogP contribution in [0.1, 0.15) is 12.8 Å². The van der Waals surface area contributed by atoms with Gasteiger partial charge in [0.05, 0.1) is 17.2 Å². The van der Waals surface area contributed by atoms with Gasteiger partial charge in [-0.15, -0.1) is 0 Å². The van der Waals surface area contributed by atoms with Crippen molar-refractivity contribution in [2.45, 2.75) is 24.9 Å². The zero-order chi connectivity index (χ0) is 17.3. The van der Waals surface area contributed by atoms with Crippen molar-refractivity contribution in [3.8, 4) is 0 Å². The number of primary amides is 1. The summed E-state index contributed by atoms with van der Waals surface area (Å²) in [7, 11) is -3.08. The van der Waals surface area contributed by atoms with Crippen LogP contribution in [-0.4, -0.2) is 49.5 Å². The van der Waals surface area contributed by atoms with Gasteiger partial charge in [-0.25, -0.2) is 8.42 Å². The Hall–Kier alpha value is -2.42. The molecule has 2 unspecified atom stereocenters. The molecule has 128 valence electrons. The second-order valence-electron chi connectivity index (χ2n) is 5.92. The van der Waals surface area contributed by atoms with E-state index in [9.17, 15) is 18.0 Å². The lowest BCUT2D eigenvalue weighted by Gasteiger charge is -2.20. The molecule has 0 saturated carbocycles. The zero-order valence-electron chi connectivity index (χ0n) is 12.9. The van der Waals surface area contributed by atoms with Crippen LogP contribution in [0.5, 0.6) is 0 Å². The molecule has 2 amide bonds. The van der Waals surface area contributed by atoms with Crippen LogP contribution in [0.2, 0.25) is 0 Å². The molecule has 1 saturated heterocycles. The molecule has 2 aliphatic heterocycles. The van der Waals surface area contributed by atoms with Gasteiger partial charge >= 0.3 is 0 Å². The lowest BCUT2D eigenvalue weighted by molar-refractivity contribution is -0.119. The summed E-state index contributed by atoms with van der Waals surface area (Å²) in [5, 5.41) is 8.34. The van der Waals surface area contributed by atoms with Crippen molar-refractivity contribution >= 4 is 33.1 Å². The normalized spacial score (nSPS) is 25.3. The fraction of sp³-hybridized carbons (Fsp3) is 0.400. The molecule has 2 atom stereocenters. The van der Waals surface area contributed by atoms with Crippen molar-refractivity contribution < 1.29 is 18.0 Å². The molecule has 1 aromatic carbocycles. The van der Waals surface area contributed by atoms with Gasteiger partial charge in [0.2, 0.25) is 5.91 Å². The number of amides is 2. The Balaban J connectivity index is 1.76. The highest BCUT2D eigenvalue weighted by molar-refractivity contribution is 7.91. The molecule has 0 bridgehead atoms. The van der Waals surface area contributed by atoms with Crippen molar-refractivity contribution in [1.29, 1.82) is 0 Å². The Labute approximate surface area is 139 Å². The van der Waals surface area contributed by atoms with Crippen molar-refractivity contribution in [1.82, 2.24) is 5.32 Å². The fourth-order valence-electron chi connectivity index (χ4n) is 2.87. The van der Waals surface area contributed by atoms with Gasteiger partial charge in [-0.05, 0) is 18.6 Å². The molecule has 3 rings (SSSR count). The van der Waals surface area contributed by atoms with E-state index in [1.807, 2.05) is 6.07 Å². The molecule has 24 heavy (non-hydrogen) atoms. The van der Waals surface area contributed by atoms with Crippen molar-refractivity contribution in [2.24, 2.45) is 10.8 Å². The summed E-state index contributed by atoms with van der Waals surface area (Å²) < 4.78 is 22.9. The predicted molar refractivity (Wildman–Crippen MR) is 89.2 cm³/mol. The van der Waals surface area contributed by atoms with Crippen LogP contribution in [0.4, 0.5) is 5.69 Å². The number of benzene rings is 1. The Morgan fingerprint density at radius 2 is 1.96 bits per heavy atom. The summed E-state index contributed by atoms with van der Waals surface area (Å²) in [6, 6.07) is 7.81. The van der Waals surface area contributed by atoms with Crippen LogP contribution in [0, 0.1) is 0 Å². The summed E-state index contributed by atoms with van der Waals surface area (Å²) in [5.41, 5.74) is 6.25. The molecule has 2 aliphatic rings. The van der Waals surface area contributed by atoms with E-state index in [-0.39, 0.29) is 23.6 Å². The van der Waals surface area contributed by atoms with Gasteiger partial charge in [-0.1, -0.05) is 18.2 Å². The van der Waals surface area contributed by atoms with E-state index in [1.54, 1.807) is 24.3 Å². The van der Waals surface area contributed by atoms with Gasteiger partial charge in [0, 0.05) is 12.5 Å². The summed E-state index contributed by atoms with van der Waals surface area (Å²) >= 11 is 0. The maximum absolute atomic E-state index is 12.3. The van der Waals surface area contributed by atoms with E-state index in [2.05, 4.69) is 10.4 Å². The molecule has 9 heteroatoms. The van der Waals surface area contributed by atoms with Crippen molar-refractivity contribution in [3.05, 3.63) is 30.3 Å². The molecule has 1 aromatic rings. The smallest absolute Gasteiger partial charge is 0.267 e. The molecule has 0 aliphatic carbocycles. The number of nitrogens with one attached hydrogen (secondary N) is 1. The van der Waals surface area contributed by atoms with E-state index < -0.39 is 33.7 Å². The number of hydrogen-bond donors (Lipinski definition) is 2. The first kappa shape index (κ1) is 16.4. The number of anilines is 1. The van der Waals surface area contributed by atoms with Crippen LogP contribution in [-0.2, 0) is 19.4 Å². The third-order valence-electron chi connectivity index (χ3n) is 4.09. The van der Waals surface area contributed by atoms with E-state index in [1.165, 1.54) is 5.01 Å². The predicted octanol–water partition coefficient (Wildman–Crippen LogP) is -0.590. The van der Waals surface area contributed by atoms with Gasteiger partial charge < -0.3 is 11.1 Å². The second kappa shape index (κ2) is 6.23. The zero-order valence-corrected chi connectivity index (χ0v) is 13.7. The highest BCUT2D eigenvalue weighted by atomic mass is 32.2. The number of sulfone groups is 1. The summed E-state index contributed by atoms with van der Waals surface area (Å²) in [6.45, 7) is 0. The molecule has 1 fully saturated rings. The molecule has 8 nitrogen and oxygen atoms in total. The highest BCUT2D eigenvalue weighted by Crippen LogP contribution is 2.24. The Morgan fingerprint density at radius 1 is 1.25 bits per heavy atom. The first-order chi connectivity index (χ1) is 11.4. The monoisotopic (exact) mass is 350 g/mol. The lowest BCUT2D eigenvalue weighted by Crippen LogP contribution is -2.41. The standard InChI is InChI=1S/C15H18N4O4S/c16-14(20)13-8-12(18-19(13)11-4-2-1-3-5-11)15(21)17-10-6-7-24(22,23)9-10/h1-5,10,13H,6-9H2,(H2,16,20)(H,17,21). The second-order valence-corrected chi connectivity index (χ2v) is 8.15. The summed E-state index contributed by atoms with van der Waals surface area (Å²) in [5.74, 6) is -1.02. The minimum absolute atomic E-state index is 0.0618. The molecule has 0 radical (unpaired) electrons. The number of rotatable bonds is 4. The van der Waals surface area contributed by atoms with Crippen LogP contribution in [0.15, 0.2) is 35.4 Å². The number of hydrazone groups is 1. The number of hydrogen-bond acceptors (Lipinski definition) is 6. The number of carbonyl (C=O) groups excluding carboxylic acids is 2. The van der Waals surface area contributed by atoms with Gasteiger partial charge in [-0.3, -0.25) is 14.6 Å². The Morgan fingerprint density at radius 3 is 2.54 bits per heavy atom. The van der Waals surface area contributed by atoms with E-state index in [4.69, 9.17) is 5.73 Å². The largest absolute Gasteiger partial charge is 0.368 e. The molecule has 3 N–H and O–H groups in total. The first-order valence-electron chi connectivity index (χ1n) is 7.58. The van der Waals surface area contributed by atoms with Gasteiger partial charge in [0.1, 0.15) is 11.8 Å². The maximum Gasteiger partial charge on any atom is 0.267 e. The van der Waals surface area contributed by atoms with Gasteiger partial charge in [-0.2, -0.15) is 5.10 Å². The average Bonchev–Trinajstić information content (AvgIpc) is 3.12. The molecule has 0 aromatic heterocycles. The van der Waals surface area contributed by atoms with E-state index in [0.29, 0.717) is 12.1 Å². The van der Waals surface area contributed by atoms with Crippen molar-refractivity contribution in [3.63, 3.8) is 0 Å². The van der Waals surface area contributed by atoms with Crippen molar-refractivity contribution in [2.75, 3.05) is 16.5 Å². The number of carbonyl (C=O) groups is 2.